The summed E-state index contributed by atoms with van der Waals surface area (Å²) in [4.78, 5) is 0. The lowest BCUT2D eigenvalue weighted by atomic mass is 9.82. The molecule has 0 aromatic heterocycles. The molecule has 0 N–H and O–H groups in total. The zero-order valence-corrected chi connectivity index (χ0v) is 31.9. The Morgan fingerprint density at radius 2 is 0.621 bits per heavy atom. The minimum absolute atomic E-state index is 1.19. The van der Waals surface area contributed by atoms with E-state index in [9.17, 15) is 0 Å². The van der Waals surface area contributed by atoms with E-state index < -0.39 is 0 Å². The van der Waals surface area contributed by atoms with Crippen LogP contribution < -0.4 is 0 Å². The van der Waals surface area contributed by atoms with Gasteiger partial charge in [0.2, 0.25) is 0 Å². The summed E-state index contributed by atoms with van der Waals surface area (Å²) in [6.45, 7) is 0. The molecule has 270 valence electrons. The first-order chi connectivity index (χ1) is 28.8. The van der Waals surface area contributed by atoms with Crippen LogP contribution in [0.25, 0.3) is 110 Å². The van der Waals surface area contributed by atoms with Crippen LogP contribution in [0, 0.1) is 0 Å². The second-order valence-corrected chi connectivity index (χ2v) is 15.2. The van der Waals surface area contributed by atoms with Crippen LogP contribution in [0.2, 0.25) is 0 Å². The van der Waals surface area contributed by atoms with Crippen molar-refractivity contribution in [2.45, 2.75) is 0 Å². The monoisotopic (exact) mass is 734 g/mol. The van der Waals surface area contributed by atoms with Crippen LogP contribution >= 0.6 is 0 Å². The highest BCUT2D eigenvalue weighted by atomic mass is 14.2. The van der Waals surface area contributed by atoms with Crippen molar-refractivity contribution in [2.24, 2.45) is 0 Å². The molecule has 0 amide bonds. The Kier molecular flexibility index (Phi) is 8.26. The average Bonchev–Trinajstić information content (AvgIpc) is 3.31. The van der Waals surface area contributed by atoms with Crippen molar-refractivity contribution in [2.75, 3.05) is 0 Å². The van der Waals surface area contributed by atoms with Gasteiger partial charge in [0.05, 0.1) is 0 Å². The molecule has 0 fully saturated rings. The Balaban J connectivity index is 1.13. The molecule has 11 rings (SSSR count). The predicted molar refractivity (Wildman–Crippen MR) is 249 cm³/mol. The standard InChI is InChI=1S/C58H38/c1-3-16-39(17-4-1)43-21-15-22-45(36-43)48-35-34-44(40-30-32-41(33-31-40)55-38-46-20-7-8-23-47(46)49-24-9-10-25-50(49)55)37-56(48)58-53-28-13-11-26-51(53)57(42-18-5-2-6-19-42)52-27-12-14-29-54(52)58/h1-38H. The van der Waals surface area contributed by atoms with Crippen LogP contribution in [0.1, 0.15) is 0 Å². The predicted octanol–water partition coefficient (Wildman–Crippen LogP) is 16.3. The van der Waals surface area contributed by atoms with Crippen molar-refractivity contribution in [3.63, 3.8) is 0 Å². The SMILES string of the molecule is c1ccc(-c2cccc(-c3ccc(-c4ccc(-c5cc6ccccc6c6ccccc56)cc4)cc3-c3c4ccccc4c(-c4ccccc4)c4ccccc34)c2)cc1. The van der Waals surface area contributed by atoms with E-state index in [-0.39, 0.29) is 0 Å². The van der Waals surface area contributed by atoms with Crippen LogP contribution in [0.5, 0.6) is 0 Å². The summed E-state index contributed by atoms with van der Waals surface area (Å²) in [5.74, 6) is 0. The number of hydrogen-bond donors (Lipinski definition) is 0. The van der Waals surface area contributed by atoms with Gasteiger partial charge in [0.15, 0.2) is 0 Å². The molecule has 58 heavy (non-hydrogen) atoms. The maximum Gasteiger partial charge on any atom is -0.00199 e. The fraction of sp³-hybridized carbons (Fsp3) is 0. The molecule has 11 aromatic rings. The Labute approximate surface area is 339 Å². The highest BCUT2D eigenvalue weighted by molar-refractivity contribution is 6.22. The summed E-state index contributed by atoms with van der Waals surface area (Å²) in [6.07, 6.45) is 0. The van der Waals surface area contributed by atoms with Gasteiger partial charge in [0, 0.05) is 0 Å². The number of hydrogen-bond acceptors (Lipinski definition) is 0. The second kappa shape index (κ2) is 14.2. The fourth-order valence-corrected chi connectivity index (χ4v) is 9.15. The van der Waals surface area contributed by atoms with Gasteiger partial charge >= 0.3 is 0 Å². The summed E-state index contributed by atoms with van der Waals surface area (Å²) in [5, 5.41) is 10.1. The number of benzene rings is 11. The lowest BCUT2D eigenvalue weighted by Gasteiger charge is -2.21. The third-order valence-corrected chi connectivity index (χ3v) is 11.9. The zero-order valence-electron chi connectivity index (χ0n) is 31.9. The maximum absolute atomic E-state index is 2.43. The van der Waals surface area contributed by atoms with E-state index in [1.54, 1.807) is 0 Å². The minimum atomic E-state index is 1.19. The van der Waals surface area contributed by atoms with Crippen molar-refractivity contribution >= 4 is 43.1 Å². The molecule has 0 spiro atoms. The van der Waals surface area contributed by atoms with Crippen molar-refractivity contribution in [3.8, 4) is 66.8 Å². The summed E-state index contributed by atoms with van der Waals surface area (Å²) in [6, 6.07) is 84.6. The van der Waals surface area contributed by atoms with Gasteiger partial charge < -0.3 is 0 Å². The molecule has 0 aliphatic rings. The highest BCUT2D eigenvalue weighted by Crippen LogP contribution is 2.47. The third-order valence-electron chi connectivity index (χ3n) is 11.9. The van der Waals surface area contributed by atoms with Gasteiger partial charge in [0.25, 0.3) is 0 Å². The Morgan fingerprint density at radius 3 is 1.29 bits per heavy atom. The normalized spacial score (nSPS) is 11.4. The lowest BCUT2D eigenvalue weighted by Crippen LogP contribution is -1.94. The molecular formula is C58H38. The quantitative estimate of drug-likeness (QED) is 0.118. The van der Waals surface area contributed by atoms with E-state index in [1.165, 1.54) is 110 Å². The summed E-state index contributed by atoms with van der Waals surface area (Å²) >= 11 is 0. The molecule has 0 heterocycles. The van der Waals surface area contributed by atoms with Crippen LogP contribution in [0.3, 0.4) is 0 Å². The lowest BCUT2D eigenvalue weighted by molar-refractivity contribution is 1.57. The summed E-state index contributed by atoms with van der Waals surface area (Å²) in [7, 11) is 0. The number of fused-ring (bicyclic) bond motifs is 5. The smallest absolute Gasteiger partial charge is 0.00199 e. The van der Waals surface area contributed by atoms with Gasteiger partial charge in [-0.3, -0.25) is 0 Å². The molecule has 0 aliphatic heterocycles. The van der Waals surface area contributed by atoms with Crippen LogP contribution in [0.15, 0.2) is 231 Å². The highest BCUT2D eigenvalue weighted by Gasteiger charge is 2.20. The molecule has 0 saturated carbocycles. The molecule has 0 unspecified atom stereocenters. The van der Waals surface area contributed by atoms with E-state index >= 15 is 0 Å². The van der Waals surface area contributed by atoms with Crippen molar-refractivity contribution < 1.29 is 0 Å². The molecule has 0 nitrogen and oxygen atoms in total. The molecule has 0 radical (unpaired) electrons. The average molecular weight is 735 g/mol. The first-order valence-corrected chi connectivity index (χ1v) is 20.1. The topological polar surface area (TPSA) is 0 Å². The third kappa shape index (κ3) is 5.78. The summed E-state index contributed by atoms with van der Waals surface area (Å²) < 4.78 is 0. The Bertz CT molecular complexity index is 3240. The first kappa shape index (κ1) is 33.8. The van der Waals surface area contributed by atoms with Crippen molar-refractivity contribution in [3.05, 3.63) is 231 Å². The van der Waals surface area contributed by atoms with Crippen molar-refractivity contribution in [1.29, 1.82) is 0 Å². The van der Waals surface area contributed by atoms with Crippen LogP contribution in [-0.4, -0.2) is 0 Å². The van der Waals surface area contributed by atoms with E-state index in [0.29, 0.717) is 0 Å². The molecule has 0 heteroatoms. The molecule has 11 aromatic carbocycles. The van der Waals surface area contributed by atoms with Gasteiger partial charge in [-0.2, -0.15) is 0 Å². The fourth-order valence-electron chi connectivity index (χ4n) is 9.15. The Morgan fingerprint density at radius 1 is 0.172 bits per heavy atom. The largest absolute Gasteiger partial charge is 0.0622 e. The Hall–Kier alpha value is -7.54. The number of rotatable bonds is 6. The molecule has 0 aliphatic carbocycles. The van der Waals surface area contributed by atoms with E-state index in [4.69, 9.17) is 0 Å². The van der Waals surface area contributed by atoms with Crippen LogP contribution in [-0.2, 0) is 0 Å². The minimum Gasteiger partial charge on any atom is -0.0622 e. The summed E-state index contributed by atoms with van der Waals surface area (Å²) in [5.41, 5.74) is 14.7. The van der Waals surface area contributed by atoms with Crippen LogP contribution in [0.4, 0.5) is 0 Å². The maximum atomic E-state index is 2.43. The first-order valence-electron chi connectivity index (χ1n) is 20.1. The van der Waals surface area contributed by atoms with Gasteiger partial charge in [-0.1, -0.05) is 212 Å². The van der Waals surface area contributed by atoms with Gasteiger partial charge in [-0.25, -0.2) is 0 Å². The molecule has 0 saturated heterocycles. The van der Waals surface area contributed by atoms with Gasteiger partial charge in [-0.05, 0) is 128 Å². The molecule has 0 bridgehead atoms. The molecule has 0 atom stereocenters. The molecular weight excluding hydrogens is 697 g/mol. The van der Waals surface area contributed by atoms with E-state index in [2.05, 4.69) is 231 Å². The zero-order chi connectivity index (χ0) is 38.4. The van der Waals surface area contributed by atoms with E-state index in [0.717, 1.165) is 0 Å². The van der Waals surface area contributed by atoms with Gasteiger partial charge in [-0.15, -0.1) is 0 Å². The van der Waals surface area contributed by atoms with Gasteiger partial charge in [0.1, 0.15) is 0 Å². The second-order valence-electron chi connectivity index (χ2n) is 15.2. The van der Waals surface area contributed by atoms with E-state index in [1.807, 2.05) is 0 Å². The van der Waals surface area contributed by atoms with Crippen molar-refractivity contribution in [1.82, 2.24) is 0 Å².